The predicted octanol–water partition coefficient (Wildman–Crippen LogP) is 1.54. The van der Waals surface area contributed by atoms with Gasteiger partial charge in [0.15, 0.2) is 0 Å². The molecule has 1 aliphatic heterocycles. The van der Waals surface area contributed by atoms with E-state index in [4.69, 9.17) is 0 Å². The molecule has 5 atom stereocenters. The quantitative estimate of drug-likeness (QED) is 0.551. The van der Waals surface area contributed by atoms with Crippen molar-refractivity contribution in [3.8, 4) is 0 Å². The molecule has 5 unspecified atom stereocenters. The molecule has 1 heteroatoms. The highest BCUT2D eigenvalue weighted by atomic mass is 15.1. The molecule has 0 aromatic heterocycles. The predicted molar refractivity (Wildman–Crippen MR) is 43.2 cm³/mol. The molecule has 0 aromatic rings. The molecule has 4 fully saturated rings. The largest absolute Gasteiger partial charge is 0.311 e. The Kier molecular flexibility index (Phi) is 0.706. The molecule has 1 heterocycles. The van der Waals surface area contributed by atoms with E-state index in [1.807, 2.05) is 0 Å². The van der Waals surface area contributed by atoms with E-state index in [0.717, 1.165) is 29.3 Å². The minimum absolute atomic E-state index is 0.855. The van der Waals surface area contributed by atoms with Gasteiger partial charge < -0.3 is 5.32 Å². The van der Waals surface area contributed by atoms with Crippen LogP contribution < -0.4 is 5.32 Å². The smallest absolute Gasteiger partial charge is 0.0132 e. The van der Waals surface area contributed by atoms with Gasteiger partial charge in [-0.1, -0.05) is 0 Å². The van der Waals surface area contributed by atoms with Crippen LogP contribution in [-0.4, -0.2) is 12.1 Å². The Hall–Kier alpha value is -0.0400. The Balaban J connectivity index is 1.89. The van der Waals surface area contributed by atoms with Crippen LogP contribution in [0.4, 0.5) is 0 Å². The summed E-state index contributed by atoms with van der Waals surface area (Å²) in [5.41, 5.74) is 0.855. The van der Waals surface area contributed by atoms with Crippen LogP contribution in [0.25, 0.3) is 0 Å². The van der Waals surface area contributed by atoms with Crippen molar-refractivity contribution in [2.75, 3.05) is 0 Å². The van der Waals surface area contributed by atoms with Crippen molar-refractivity contribution >= 4 is 0 Å². The lowest BCUT2D eigenvalue weighted by Gasteiger charge is -2.48. The maximum absolute atomic E-state index is 3.80. The summed E-state index contributed by atoms with van der Waals surface area (Å²) in [6, 6.07) is 1.90. The molecule has 1 saturated heterocycles. The Morgan fingerprint density at radius 3 is 3.09 bits per heavy atom. The maximum Gasteiger partial charge on any atom is 0.0132 e. The van der Waals surface area contributed by atoms with E-state index in [1.54, 1.807) is 19.3 Å². The van der Waals surface area contributed by atoms with Gasteiger partial charge in [-0.3, -0.25) is 0 Å². The van der Waals surface area contributed by atoms with E-state index in [9.17, 15) is 0 Å². The van der Waals surface area contributed by atoms with Gasteiger partial charge in [0.25, 0.3) is 0 Å². The first-order chi connectivity index (χ1) is 5.37. The molecule has 0 aromatic carbocycles. The third-order valence-electron chi connectivity index (χ3n) is 4.99. The fraction of sp³-hybridized carbons (Fsp3) is 1.00. The fourth-order valence-corrected chi connectivity index (χ4v) is 4.70. The minimum Gasteiger partial charge on any atom is -0.311 e. The third-order valence-corrected chi connectivity index (χ3v) is 4.99. The van der Waals surface area contributed by atoms with Crippen LogP contribution in [0.1, 0.15) is 32.1 Å². The second-order valence-electron chi connectivity index (χ2n) is 5.33. The van der Waals surface area contributed by atoms with Gasteiger partial charge in [0.05, 0.1) is 0 Å². The highest BCUT2D eigenvalue weighted by Crippen LogP contribution is 2.68. The summed E-state index contributed by atoms with van der Waals surface area (Å²) in [5.74, 6) is 2.27. The molecule has 1 nitrogen and oxygen atoms in total. The van der Waals surface area contributed by atoms with E-state index in [0.29, 0.717) is 0 Å². The average molecular weight is 149 g/mol. The van der Waals surface area contributed by atoms with Gasteiger partial charge >= 0.3 is 0 Å². The monoisotopic (exact) mass is 149 g/mol. The number of rotatable bonds is 0. The standard InChI is InChI=1S/C10H15N/c1-6-2-8-5-10(4-6)7(1)3-9(10)11-8/h6-9,11H,1-5H2. The summed E-state index contributed by atoms with van der Waals surface area (Å²) in [5, 5.41) is 3.80. The third kappa shape index (κ3) is 0.438. The summed E-state index contributed by atoms with van der Waals surface area (Å²) in [4.78, 5) is 0. The van der Waals surface area contributed by atoms with Gasteiger partial charge in [0.2, 0.25) is 0 Å². The van der Waals surface area contributed by atoms with E-state index < -0.39 is 0 Å². The van der Waals surface area contributed by atoms with Crippen molar-refractivity contribution < 1.29 is 0 Å². The van der Waals surface area contributed by atoms with E-state index in [2.05, 4.69) is 5.32 Å². The lowest BCUT2D eigenvalue weighted by molar-refractivity contribution is 0.0458. The summed E-state index contributed by atoms with van der Waals surface area (Å²) in [6.45, 7) is 0. The Morgan fingerprint density at radius 2 is 2.09 bits per heavy atom. The number of hydrogen-bond donors (Lipinski definition) is 1. The fourth-order valence-electron chi connectivity index (χ4n) is 4.70. The molecule has 0 radical (unpaired) electrons. The van der Waals surface area contributed by atoms with Crippen molar-refractivity contribution in [1.82, 2.24) is 5.32 Å². The molecule has 3 saturated carbocycles. The topological polar surface area (TPSA) is 12.0 Å². The molecular weight excluding hydrogens is 134 g/mol. The second-order valence-corrected chi connectivity index (χ2v) is 5.33. The van der Waals surface area contributed by atoms with Gasteiger partial charge in [0.1, 0.15) is 0 Å². The molecule has 1 N–H and O–H groups in total. The molecule has 1 spiro atoms. The maximum atomic E-state index is 3.80. The highest BCUT2D eigenvalue weighted by Gasteiger charge is 2.66. The van der Waals surface area contributed by atoms with Gasteiger partial charge in [-0.2, -0.15) is 0 Å². The number of nitrogens with one attached hydrogen (secondary N) is 1. The zero-order valence-electron chi connectivity index (χ0n) is 6.84. The molecule has 3 bridgehead atoms. The van der Waals surface area contributed by atoms with Crippen molar-refractivity contribution in [3.63, 3.8) is 0 Å². The first-order valence-electron chi connectivity index (χ1n) is 5.13. The Bertz CT molecular complexity index is 197. The average Bonchev–Trinajstić information content (AvgIpc) is 2.28. The van der Waals surface area contributed by atoms with Gasteiger partial charge in [-0.15, -0.1) is 0 Å². The first kappa shape index (κ1) is 5.58. The lowest BCUT2D eigenvalue weighted by Crippen LogP contribution is -2.50. The van der Waals surface area contributed by atoms with E-state index >= 15 is 0 Å². The van der Waals surface area contributed by atoms with Crippen LogP contribution in [0, 0.1) is 17.3 Å². The van der Waals surface area contributed by atoms with Gasteiger partial charge in [-0.25, -0.2) is 0 Å². The SMILES string of the molecule is C1C2CC3CC4NC1CC34C2. The molecular formula is C10H15N. The van der Waals surface area contributed by atoms with Crippen LogP contribution in [0.5, 0.6) is 0 Å². The van der Waals surface area contributed by atoms with Gasteiger partial charge in [0, 0.05) is 12.1 Å². The highest BCUT2D eigenvalue weighted by molar-refractivity contribution is 5.20. The molecule has 4 rings (SSSR count). The molecule has 0 amide bonds. The zero-order chi connectivity index (χ0) is 7.05. The van der Waals surface area contributed by atoms with Crippen molar-refractivity contribution in [3.05, 3.63) is 0 Å². The van der Waals surface area contributed by atoms with E-state index in [1.165, 1.54) is 12.8 Å². The minimum atomic E-state index is 0.855. The Labute approximate surface area is 67.6 Å². The second kappa shape index (κ2) is 1.39. The van der Waals surface area contributed by atoms with Crippen LogP contribution in [0.2, 0.25) is 0 Å². The summed E-state index contributed by atoms with van der Waals surface area (Å²) in [7, 11) is 0. The Morgan fingerprint density at radius 1 is 1.09 bits per heavy atom. The van der Waals surface area contributed by atoms with Crippen LogP contribution in [-0.2, 0) is 0 Å². The zero-order valence-corrected chi connectivity index (χ0v) is 6.84. The van der Waals surface area contributed by atoms with Crippen LogP contribution >= 0.6 is 0 Å². The summed E-state index contributed by atoms with van der Waals surface area (Å²) >= 11 is 0. The number of fused-ring (bicyclic) bond motifs is 2. The van der Waals surface area contributed by atoms with E-state index in [-0.39, 0.29) is 0 Å². The normalized spacial score (nSPS) is 69.8. The molecule has 11 heavy (non-hydrogen) atoms. The summed E-state index contributed by atoms with van der Waals surface area (Å²) in [6.07, 6.45) is 7.75. The van der Waals surface area contributed by atoms with Crippen molar-refractivity contribution in [2.24, 2.45) is 17.3 Å². The van der Waals surface area contributed by atoms with Crippen molar-refractivity contribution in [2.45, 2.75) is 44.2 Å². The lowest BCUT2D eigenvalue weighted by atomic mass is 9.58. The van der Waals surface area contributed by atoms with Crippen LogP contribution in [0.15, 0.2) is 0 Å². The molecule has 60 valence electrons. The van der Waals surface area contributed by atoms with Crippen LogP contribution in [0.3, 0.4) is 0 Å². The number of hydrogen-bond acceptors (Lipinski definition) is 1. The molecule has 4 aliphatic rings. The van der Waals surface area contributed by atoms with Gasteiger partial charge in [-0.05, 0) is 49.4 Å². The van der Waals surface area contributed by atoms with Crippen molar-refractivity contribution in [1.29, 1.82) is 0 Å². The first-order valence-corrected chi connectivity index (χ1v) is 5.13. The molecule has 3 aliphatic carbocycles. The summed E-state index contributed by atoms with van der Waals surface area (Å²) < 4.78 is 0.